The van der Waals surface area contributed by atoms with Crippen LogP contribution < -0.4 is 16.0 Å². The van der Waals surface area contributed by atoms with Crippen LogP contribution in [-0.2, 0) is 4.79 Å². The van der Waals surface area contributed by atoms with E-state index in [1.807, 2.05) is 0 Å². The Morgan fingerprint density at radius 3 is 2.50 bits per heavy atom. The fourth-order valence-corrected chi connectivity index (χ4v) is 3.57. The maximum absolute atomic E-state index is 12.3. The molecule has 0 spiro atoms. The number of amides is 1. The molecule has 0 aromatic carbocycles. The summed E-state index contributed by atoms with van der Waals surface area (Å²) in [5.41, 5.74) is -0.289. The molecule has 1 heterocycles. The largest absolute Gasteiger partial charge is 0.353 e. The normalized spacial score (nSPS) is 28.2. The molecule has 1 atom stereocenters. The lowest BCUT2D eigenvalue weighted by molar-refractivity contribution is -0.127. The van der Waals surface area contributed by atoms with Crippen LogP contribution in [0.3, 0.4) is 0 Å². The molecule has 3 N–H and O–H groups in total. The summed E-state index contributed by atoms with van der Waals surface area (Å²) < 4.78 is 0. The summed E-state index contributed by atoms with van der Waals surface area (Å²) in [6.45, 7) is 4.72. The van der Waals surface area contributed by atoms with Crippen LogP contribution in [0.5, 0.6) is 0 Å². The van der Waals surface area contributed by atoms with Crippen LogP contribution in [0, 0.1) is 0 Å². The second-order valence-corrected chi connectivity index (χ2v) is 6.36. The van der Waals surface area contributed by atoms with Gasteiger partial charge in [-0.25, -0.2) is 0 Å². The summed E-state index contributed by atoms with van der Waals surface area (Å²) >= 11 is 0. The van der Waals surface area contributed by atoms with Gasteiger partial charge in [-0.15, -0.1) is 0 Å². The van der Waals surface area contributed by atoms with Gasteiger partial charge in [0, 0.05) is 19.1 Å². The lowest BCUT2D eigenvalue weighted by atomic mass is 9.93. The van der Waals surface area contributed by atoms with Gasteiger partial charge in [0.25, 0.3) is 0 Å². The van der Waals surface area contributed by atoms with Crippen LogP contribution in [-0.4, -0.2) is 37.1 Å². The van der Waals surface area contributed by atoms with Crippen LogP contribution in [0.1, 0.15) is 64.7 Å². The van der Waals surface area contributed by atoms with Gasteiger partial charge in [0.15, 0.2) is 0 Å². The van der Waals surface area contributed by atoms with Gasteiger partial charge in [0.1, 0.15) is 0 Å². The monoisotopic (exact) mass is 281 g/mol. The van der Waals surface area contributed by atoms with E-state index in [1.165, 1.54) is 38.5 Å². The van der Waals surface area contributed by atoms with Gasteiger partial charge in [-0.2, -0.15) is 0 Å². The van der Waals surface area contributed by atoms with Crippen molar-refractivity contribution in [1.29, 1.82) is 0 Å². The van der Waals surface area contributed by atoms with Crippen LogP contribution in [0.15, 0.2) is 0 Å². The molecule has 2 rings (SSSR count). The lowest BCUT2D eigenvalue weighted by Crippen LogP contribution is -2.54. The standard InChI is InChI=1S/C16H31N3O/c1-2-16(10-7-11-19-16)15(20)18-13-12-17-14-8-5-3-4-6-9-14/h14,17,19H,2-13H2,1H3,(H,18,20). The highest BCUT2D eigenvalue weighted by molar-refractivity contribution is 5.86. The molecule has 0 aromatic rings. The first-order valence-electron chi connectivity index (χ1n) is 8.53. The first-order chi connectivity index (χ1) is 9.77. The molecule has 1 saturated carbocycles. The molecule has 20 heavy (non-hydrogen) atoms. The van der Waals surface area contributed by atoms with Crippen molar-refractivity contribution in [2.24, 2.45) is 0 Å². The highest BCUT2D eigenvalue weighted by atomic mass is 16.2. The molecule has 1 unspecified atom stereocenters. The van der Waals surface area contributed by atoms with Crippen LogP contribution >= 0.6 is 0 Å². The molecule has 0 aromatic heterocycles. The summed E-state index contributed by atoms with van der Waals surface area (Å²) in [4.78, 5) is 12.3. The molecule has 1 amide bonds. The van der Waals surface area contributed by atoms with E-state index in [4.69, 9.17) is 0 Å². The predicted octanol–water partition coefficient (Wildman–Crippen LogP) is 1.95. The van der Waals surface area contributed by atoms with Crippen molar-refractivity contribution in [2.75, 3.05) is 19.6 Å². The minimum atomic E-state index is -0.289. The summed E-state index contributed by atoms with van der Waals surface area (Å²) in [5.74, 6) is 0.195. The van der Waals surface area contributed by atoms with Crippen LogP contribution in [0.4, 0.5) is 0 Å². The number of carbonyl (C=O) groups excluding carboxylic acids is 1. The van der Waals surface area contributed by atoms with E-state index in [2.05, 4.69) is 22.9 Å². The van der Waals surface area contributed by atoms with E-state index in [0.717, 1.165) is 38.9 Å². The predicted molar refractivity (Wildman–Crippen MR) is 82.8 cm³/mol. The van der Waals surface area contributed by atoms with Crippen molar-refractivity contribution in [1.82, 2.24) is 16.0 Å². The molecule has 0 radical (unpaired) electrons. The summed E-state index contributed by atoms with van der Waals surface area (Å²) in [5, 5.41) is 10.1. The van der Waals surface area contributed by atoms with Crippen molar-refractivity contribution in [3.8, 4) is 0 Å². The van der Waals surface area contributed by atoms with Crippen LogP contribution in [0.25, 0.3) is 0 Å². The third-order valence-electron chi connectivity index (χ3n) is 4.98. The number of hydrogen-bond donors (Lipinski definition) is 3. The quantitative estimate of drug-likeness (QED) is 0.515. The summed E-state index contributed by atoms with van der Waals surface area (Å²) in [7, 11) is 0. The summed E-state index contributed by atoms with van der Waals surface area (Å²) in [6, 6.07) is 0.666. The van der Waals surface area contributed by atoms with Gasteiger partial charge in [0.05, 0.1) is 5.54 Å². The zero-order valence-electron chi connectivity index (χ0n) is 13.0. The summed E-state index contributed by atoms with van der Waals surface area (Å²) in [6.07, 6.45) is 11.1. The molecule has 116 valence electrons. The Balaban J connectivity index is 1.63. The highest BCUT2D eigenvalue weighted by Gasteiger charge is 2.38. The van der Waals surface area contributed by atoms with Crippen molar-refractivity contribution in [3.05, 3.63) is 0 Å². The first-order valence-corrected chi connectivity index (χ1v) is 8.53. The van der Waals surface area contributed by atoms with E-state index in [-0.39, 0.29) is 11.4 Å². The SMILES string of the molecule is CCC1(C(=O)NCCNC2CCCCCC2)CCCN1. The van der Waals surface area contributed by atoms with E-state index in [9.17, 15) is 4.79 Å². The van der Waals surface area contributed by atoms with Gasteiger partial charge in [-0.05, 0) is 38.6 Å². The van der Waals surface area contributed by atoms with Crippen molar-refractivity contribution >= 4 is 5.91 Å². The average molecular weight is 281 g/mol. The van der Waals surface area contributed by atoms with E-state index >= 15 is 0 Å². The van der Waals surface area contributed by atoms with Crippen molar-refractivity contribution < 1.29 is 4.79 Å². The van der Waals surface area contributed by atoms with Crippen molar-refractivity contribution in [2.45, 2.75) is 76.3 Å². The first kappa shape index (κ1) is 15.8. The Hall–Kier alpha value is -0.610. The zero-order chi connectivity index (χ0) is 14.3. The van der Waals surface area contributed by atoms with Gasteiger partial charge in [0.2, 0.25) is 5.91 Å². The maximum Gasteiger partial charge on any atom is 0.240 e. The number of nitrogens with one attached hydrogen (secondary N) is 3. The molecule has 2 aliphatic rings. The van der Waals surface area contributed by atoms with Crippen molar-refractivity contribution in [3.63, 3.8) is 0 Å². The minimum absolute atomic E-state index is 0.195. The smallest absolute Gasteiger partial charge is 0.240 e. The molecule has 2 fully saturated rings. The lowest BCUT2D eigenvalue weighted by Gasteiger charge is -2.27. The number of rotatable bonds is 6. The Bertz CT molecular complexity index is 292. The Morgan fingerprint density at radius 2 is 1.90 bits per heavy atom. The van der Waals surface area contributed by atoms with Gasteiger partial charge < -0.3 is 16.0 Å². The fraction of sp³-hybridized carbons (Fsp3) is 0.938. The molecular formula is C16H31N3O. The second-order valence-electron chi connectivity index (χ2n) is 6.36. The Labute approximate surface area is 123 Å². The van der Waals surface area contributed by atoms with E-state index in [1.54, 1.807) is 0 Å². The Morgan fingerprint density at radius 1 is 1.15 bits per heavy atom. The second kappa shape index (κ2) is 7.99. The Kier molecular flexibility index (Phi) is 6.30. The highest BCUT2D eigenvalue weighted by Crippen LogP contribution is 2.22. The molecule has 0 bridgehead atoms. The minimum Gasteiger partial charge on any atom is -0.353 e. The molecule has 1 aliphatic carbocycles. The molecule has 4 nitrogen and oxygen atoms in total. The van der Waals surface area contributed by atoms with Crippen LogP contribution in [0.2, 0.25) is 0 Å². The molecule has 4 heteroatoms. The number of carbonyl (C=O) groups is 1. The third-order valence-corrected chi connectivity index (χ3v) is 4.98. The average Bonchev–Trinajstić information content (AvgIpc) is 2.82. The molecule has 1 saturated heterocycles. The molecule has 1 aliphatic heterocycles. The van der Waals surface area contributed by atoms with Gasteiger partial charge in [-0.3, -0.25) is 4.79 Å². The maximum atomic E-state index is 12.3. The third kappa shape index (κ3) is 4.19. The number of hydrogen-bond acceptors (Lipinski definition) is 3. The molecular weight excluding hydrogens is 250 g/mol. The van der Waals surface area contributed by atoms with E-state index in [0.29, 0.717) is 6.04 Å². The van der Waals surface area contributed by atoms with E-state index < -0.39 is 0 Å². The van der Waals surface area contributed by atoms with Gasteiger partial charge >= 0.3 is 0 Å². The topological polar surface area (TPSA) is 53.2 Å². The van der Waals surface area contributed by atoms with Gasteiger partial charge in [-0.1, -0.05) is 32.6 Å². The zero-order valence-corrected chi connectivity index (χ0v) is 13.0. The fourth-order valence-electron chi connectivity index (χ4n) is 3.57.